The maximum absolute atomic E-state index is 11.6. The van der Waals surface area contributed by atoms with Gasteiger partial charge in [-0.15, -0.1) is 0 Å². The molecule has 0 aliphatic heterocycles. The molecule has 0 spiro atoms. The van der Waals surface area contributed by atoms with Gasteiger partial charge in [0.25, 0.3) is 0 Å². The first-order valence-electron chi connectivity index (χ1n) is 24.8. The Hall–Kier alpha value is -0.950. The monoisotopic (exact) mass is 809 g/mol. The maximum atomic E-state index is 11.6. The average Bonchev–Trinajstić information content (AvgIpc) is 3.72. The van der Waals surface area contributed by atoms with Gasteiger partial charge in [-0.05, 0) is 189 Å². The highest BCUT2D eigenvalue weighted by Crippen LogP contribution is 2.73. The lowest BCUT2D eigenvalue weighted by Gasteiger charge is -2.68. The molecule has 58 heavy (non-hydrogen) atoms. The van der Waals surface area contributed by atoms with E-state index < -0.39 is 18.2 Å². The van der Waals surface area contributed by atoms with Crippen LogP contribution in [0.1, 0.15) is 191 Å². The van der Waals surface area contributed by atoms with Crippen molar-refractivity contribution in [3.63, 3.8) is 0 Å². The second kappa shape index (κ2) is 16.6. The number of aliphatic hydroxyl groups excluding tert-OH is 4. The quantitative estimate of drug-likeness (QED) is 0.148. The highest BCUT2D eigenvalue weighted by Gasteiger charge is 2.70. The van der Waals surface area contributed by atoms with Crippen LogP contribution in [-0.2, 0) is 4.79 Å². The fourth-order valence-electron chi connectivity index (χ4n) is 18.0. The Balaban J connectivity index is 0.000000177. The summed E-state index contributed by atoms with van der Waals surface area (Å²) in [6, 6.07) is 0. The summed E-state index contributed by atoms with van der Waals surface area (Å²) in [5.41, 5.74) is 2.15. The Morgan fingerprint density at radius 3 is 2.03 bits per heavy atom. The molecule has 8 aliphatic rings. The van der Waals surface area contributed by atoms with Crippen LogP contribution in [0.4, 0.5) is 0 Å². The molecule has 5 N–H and O–H groups in total. The molecule has 0 aromatic rings. The number of allylic oxidation sites excluding steroid dienone is 1. The van der Waals surface area contributed by atoms with Gasteiger partial charge in [-0.3, -0.25) is 4.79 Å². The van der Waals surface area contributed by atoms with E-state index in [-0.39, 0.29) is 52.6 Å². The van der Waals surface area contributed by atoms with Crippen LogP contribution in [0, 0.1) is 92.2 Å². The summed E-state index contributed by atoms with van der Waals surface area (Å²) < 4.78 is 0. The van der Waals surface area contributed by atoms with Gasteiger partial charge in [0.15, 0.2) is 0 Å². The minimum absolute atomic E-state index is 0.0581. The van der Waals surface area contributed by atoms with E-state index in [2.05, 4.69) is 68.4 Å². The number of carboxylic acid groups (broad SMARTS) is 1. The van der Waals surface area contributed by atoms with Crippen molar-refractivity contribution >= 4 is 5.97 Å². The van der Waals surface area contributed by atoms with Crippen molar-refractivity contribution in [2.45, 2.75) is 215 Å². The number of carbonyl (C=O) groups is 1. The number of aliphatic hydroxyl groups is 4. The minimum Gasteiger partial charge on any atom is -0.481 e. The molecule has 19 atom stereocenters. The van der Waals surface area contributed by atoms with Crippen LogP contribution in [0.25, 0.3) is 0 Å². The molecule has 0 heterocycles. The predicted molar refractivity (Wildman–Crippen MR) is 234 cm³/mol. The summed E-state index contributed by atoms with van der Waals surface area (Å²) in [4.78, 5) is 11.1. The minimum atomic E-state index is -0.751. The molecule has 7 fully saturated rings. The molecule has 6 nitrogen and oxygen atoms in total. The Morgan fingerprint density at radius 1 is 0.672 bits per heavy atom. The van der Waals surface area contributed by atoms with Crippen molar-refractivity contribution in [2.75, 3.05) is 0 Å². The van der Waals surface area contributed by atoms with Crippen molar-refractivity contribution in [1.29, 1.82) is 0 Å². The fourth-order valence-corrected chi connectivity index (χ4v) is 18.0. The van der Waals surface area contributed by atoms with Crippen LogP contribution in [0.2, 0.25) is 0 Å². The summed E-state index contributed by atoms with van der Waals surface area (Å²) in [7, 11) is 0. The van der Waals surface area contributed by atoms with E-state index in [1.165, 1.54) is 57.8 Å². The molecule has 6 heteroatoms. The zero-order valence-electron chi connectivity index (χ0n) is 38.5. The number of hydrogen-bond acceptors (Lipinski definition) is 5. The van der Waals surface area contributed by atoms with Gasteiger partial charge in [-0.25, -0.2) is 0 Å². The van der Waals surface area contributed by atoms with Crippen LogP contribution >= 0.6 is 0 Å². The second-order valence-corrected chi connectivity index (χ2v) is 24.3. The normalized spacial score (nSPS) is 50.4. The zero-order chi connectivity index (χ0) is 42.2. The zero-order valence-corrected chi connectivity index (χ0v) is 38.5. The van der Waals surface area contributed by atoms with Gasteiger partial charge in [0.1, 0.15) is 0 Å². The molecule has 0 amide bonds. The van der Waals surface area contributed by atoms with Gasteiger partial charge in [0.05, 0.1) is 24.4 Å². The third kappa shape index (κ3) is 7.44. The lowest BCUT2D eigenvalue weighted by molar-refractivity contribution is -0.251. The molecular weight excluding hydrogens is 721 g/mol. The third-order valence-electron chi connectivity index (χ3n) is 21.3. The SMILES string of the molecule is CC(C)CCC[C@@H](C)[C@H]1CC[C@H]2[C@@H]3CC=C4C[C@@H](O)CC[C@]4(C)[C@H]3CC[C@]12C.C[C@H](CCC(=O)O)[C@H]1CC[C@@H]2[C@]1(C)[C@@H](O)C[C@@H]1[C@@]3(C)CC[C@@H](O)C[C@H]3C[C@@H](O)[C@@]21C. The number of rotatable bonds is 9. The first-order valence-corrected chi connectivity index (χ1v) is 24.8. The van der Waals surface area contributed by atoms with E-state index in [1.54, 1.807) is 5.57 Å². The van der Waals surface area contributed by atoms with Gasteiger partial charge in [0, 0.05) is 11.8 Å². The molecule has 0 unspecified atom stereocenters. The van der Waals surface area contributed by atoms with E-state index in [0.29, 0.717) is 35.5 Å². The number of fused-ring (bicyclic) bond motifs is 10. The summed E-state index contributed by atoms with van der Waals surface area (Å²) in [6.45, 7) is 21.6. The van der Waals surface area contributed by atoms with Gasteiger partial charge in [-0.2, -0.15) is 0 Å². The summed E-state index contributed by atoms with van der Waals surface area (Å²) >= 11 is 0. The smallest absolute Gasteiger partial charge is 0.303 e. The average molecular weight is 809 g/mol. The van der Waals surface area contributed by atoms with Crippen LogP contribution in [0.15, 0.2) is 11.6 Å². The molecule has 332 valence electrons. The summed E-state index contributed by atoms with van der Waals surface area (Å²) in [5, 5.41) is 52.7. The Morgan fingerprint density at radius 2 is 1.33 bits per heavy atom. The van der Waals surface area contributed by atoms with Gasteiger partial charge >= 0.3 is 5.97 Å². The first kappa shape index (κ1) is 45.1. The van der Waals surface area contributed by atoms with E-state index >= 15 is 0 Å². The van der Waals surface area contributed by atoms with Crippen LogP contribution in [0.3, 0.4) is 0 Å². The van der Waals surface area contributed by atoms with E-state index in [9.17, 15) is 25.2 Å². The highest BCUT2D eigenvalue weighted by molar-refractivity contribution is 5.66. The predicted octanol–water partition coefficient (Wildman–Crippen LogP) is 11.2. The maximum Gasteiger partial charge on any atom is 0.303 e. The van der Waals surface area contributed by atoms with Crippen LogP contribution in [0.5, 0.6) is 0 Å². The standard InChI is InChI=1S/C27H46O.C25H42O5/c1-18(2)7-6-8-19(3)23-11-12-24-22-10-9-20-17-21(28)13-15-26(20,4)25(22)14-16-27(23,24)5;1-14(5-8-22(29)30)17-6-7-18-24(17,3)21(28)13-19-23(2)10-9-16(26)11-15(23)12-20(27)25(18,19)4/h9,18-19,21-25,28H,6-8,10-17H2,1-5H3;14-21,26-28H,5-13H2,1-4H3,(H,29,30)/t19-,21+,22+,23-,24+,25+,26+,27-;14-,15+,16-,17-,18-,19-,20-,21+,23+,24-,25+/m11/s1. The first-order chi connectivity index (χ1) is 27.2. The largest absolute Gasteiger partial charge is 0.481 e. The molecule has 8 aliphatic carbocycles. The van der Waals surface area contributed by atoms with Crippen molar-refractivity contribution in [3.05, 3.63) is 11.6 Å². The Bertz CT molecular complexity index is 1490. The van der Waals surface area contributed by atoms with E-state index in [1.807, 2.05) is 0 Å². The van der Waals surface area contributed by atoms with Gasteiger partial charge in [-0.1, -0.05) is 93.2 Å². The highest BCUT2D eigenvalue weighted by atomic mass is 16.4. The van der Waals surface area contributed by atoms with Gasteiger partial charge in [0.2, 0.25) is 0 Å². The number of carboxylic acids is 1. The lowest BCUT2D eigenvalue weighted by Crippen LogP contribution is -2.67. The van der Waals surface area contributed by atoms with Crippen LogP contribution in [-0.4, -0.2) is 55.9 Å². The number of aliphatic carboxylic acids is 1. The van der Waals surface area contributed by atoms with E-state index in [4.69, 9.17) is 5.11 Å². The van der Waals surface area contributed by atoms with Crippen molar-refractivity contribution in [3.8, 4) is 0 Å². The Labute approximate surface area is 354 Å². The van der Waals surface area contributed by atoms with Crippen molar-refractivity contribution in [2.24, 2.45) is 92.2 Å². The number of hydrogen-bond donors (Lipinski definition) is 5. The molecular formula is C52H88O6. The molecule has 0 radical (unpaired) electrons. The van der Waals surface area contributed by atoms with Crippen LogP contribution < -0.4 is 0 Å². The Kier molecular flexibility index (Phi) is 12.9. The lowest BCUT2D eigenvalue weighted by atomic mass is 9.38. The topological polar surface area (TPSA) is 118 Å². The second-order valence-electron chi connectivity index (χ2n) is 24.3. The fraction of sp³-hybridized carbons (Fsp3) is 0.942. The molecule has 7 saturated carbocycles. The molecule has 0 saturated heterocycles. The van der Waals surface area contributed by atoms with Gasteiger partial charge < -0.3 is 25.5 Å². The molecule has 0 bridgehead atoms. The van der Waals surface area contributed by atoms with Crippen molar-refractivity contribution < 1.29 is 30.3 Å². The van der Waals surface area contributed by atoms with E-state index in [0.717, 1.165) is 86.9 Å². The molecule has 0 aromatic carbocycles. The molecule has 0 aromatic heterocycles. The summed E-state index contributed by atoms with van der Waals surface area (Å²) in [5.74, 6) is 6.07. The third-order valence-corrected chi connectivity index (χ3v) is 21.3. The molecule has 8 rings (SSSR count). The summed E-state index contributed by atoms with van der Waals surface area (Å²) in [6.07, 6.45) is 22.9. The van der Waals surface area contributed by atoms with Crippen molar-refractivity contribution in [1.82, 2.24) is 0 Å².